The van der Waals surface area contributed by atoms with Gasteiger partial charge in [0.25, 0.3) is 5.69 Å². The number of thioether (sulfide) groups is 1. The van der Waals surface area contributed by atoms with Crippen molar-refractivity contribution in [2.75, 3.05) is 18.8 Å². The topological polar surface area (TPSA) is 46.4 Å². The molecule has 0 bridgehead atoms. The van der Waals surface area contributed by atoms with Gasteiger partial charge in [0, 0.05) is 47.8 Å². The van der Waals surface area contributed by atoms with Gasteiger partial charge in [-0.15, -0.1) is 0 Å². The fourth-order valence-electron chi connectivity index (χ4n) is 2.21. The van der Waals surface area contributed by atoms with Crippen LogP contribution in [-0.2, 0) is 6.54 Å². The molecular weight excluding hydrogens is 284 g/mol. The molecule has 0 saturated carbocycles. The van der Waals surface area contributed by atoms with Gasteiger partial charge in [0.05, 0.1) is 4.92 Å². The smallest absolute Gasteiger partial charge is 0.269 e. The number of nitro benzene ring substituents is 1. The summed E-state index contributed by atoms with van der Waals surface area (Å²) in [6.45, 7) is 4.93. The third-order valence-electron chi connectivity index (χ3n) is 3.31. The van der Waals surface area contributed by atoms with Crippen LogP contribution in [0.25, 0.3) is 0 Å². The lowest BCUT2D eigenvalue weighted by Gasteiger charge is -2.32. The summed E-state index contributed by atoms with van der Waals surface area (Å²) in [5.41, 5.74) is 0.954. The van der Waals surface area contributed by atoms with Gasteiger partial charge in [-0.1, -0.05) is 18.5 Å². The van der Waals surface area contributed by atoms with E-state index in [2.05, 4.69) is 11.8 Å². The van der Waals surface area contributed by atoms with Crippen LogP contribution in [0.4, 0.5) is 5.69 Å². The second-order valence-electron chi connectivity index (χ2n) is 4.67. The molecule has 4 nitrogen and oxygen atoms in total. The molecule has 0 spiro atoms. The fraction of sp³-hybridized carbons (Fsp3) is 0.538. The molecule has 104 valence electrons. The van der Waals surface area contributed by atoms with Crippen molar-refractivity contribution < 1.29 is 4.92 Å². The van der Waals surface area contributed by atoms with Crippen molar-refractivity contribution in [2.24, 2.45) is 0 Å². The van der Waals surface area contributed by atoms with E-state index < -0.39 is 0 Å². The molecule has 1 unspecified atom stereocenters. The first-order chi connectivity index (χ1) is 9.10. The molecule has 1 aromatic carbocycles. The first-order valence-corrected chi connectivity index (χ1v) is 7.79. The lowest BCUT2D eigenvalue weighted by Crippen LogP contribution is -2.37. The van der Waals surface area contributed by atoms with Crippen LogP contribution in [0.15, 0.2) is 18.2 Å². The molecule has 1 aromatic rings. The molecule has 0 radical (unpaired) electrons. The highest BCUT2D eigenvalue weighted by molar-refractivity contribution is 8.00. The molecule has 1 fully saturated rings. The third kappa shape index (κ3) is 3.84. The molecule has 0 aliphatic carbocycles. The molecule has 1 heterocycles. The van der Waals surface area contributed by atoms with Crippen molar-refractivity contribution in [1.29, 1.82) is 0 Å². The summed E-state index contributed by atoms with van der Waals surface area (Å²) in [5, 5.41) is 12.1. The maximum Gasteiger partial charge on any atom is 0.269 e. The number of hydrogen-bond acceptors (Lipinski definition) is 4. The van der Waals surface area contributed by atoms with E-state index in [4.69, 9.17) is 11.6 Å². The predicted molar refractivity (Wildman–Crippen MR) is 79.9 cm³/mol. The number of benzene rings is 1. The van der Waals surface area contributed by atoms with Gasteiger partial charge >= 0.3 is 0 Å². The summed E-state index contributed by atoms with van der Waals surface area (Å²) in [5.74, 6) is 1.12. The Bertz CT molecular complexity index is 470. The van der Waals surface area contributed by atoms with Crippen molar-refractivity contribution in [3.63, 3.8) is 0 Å². The Morgan fingerprint density at radius 1 is 1.58 bits per heavy atom. The first-order valence-electron chi connectivity index (χ1n) is 6.37. The van der Waals surface area contributed by atoms with E-state index in [-0.39, 0.29) is 10.6 Å². The Morgan fingerprint density at radius 3 is 3.05 bits per heavy atom. The number of nitrogens with zero attached hydrogens (tertiary/aromatic N) is 2. The molecule has 1 aliphatic rings. The van der Waals surface area contributed by atoms with Gasteiger partial charge in [0.1, 0.15) is 0 Å². The number of rotatable bonds is 4. The summed E-state index contributed by atoms with van der Waals surface area (Å²) in [4.78, 5) is 12.8. The summed E-state index contributed by atoms with van der Waals surface area (Å²) >= 11 is 8.14. The van der Waals surface area contributed by atoms with Crippen molar-refractivity contribution in [3.8, 4) is 0 Å². The molecule has 0 aromatic heterocycles. The zero-order valence-electron chi connectivity index (χ0n) is 10.8. The standard InChI is InChI=1S/C13H17ClN2O2S/c1-2-12-9-15(5-6-19-12)8-10-7-11(16(17)18)3-4-13(10)14/h3-4,7,12H,2,5-6,8-9H2,1H3. The van der Waals surface area contributed by atoms with Crippen molar-refractivity contribution in [1.82, 2.24) is 4.90 Å². The molecule has 0 N–H and O–H groups in total. The van der Waals surface area contributed by atoms with Crippen molar-refractivity contribution >= 4 is 29.1 Å². The normalized spacial score (nSPS) is 20.4. The summed E-state index contributed by atoms with van der Waals surface area (Å²) in [7, 11) is 0. The molecule has 1 aliphatic heterocycles. The SMILES string of the molecule is CCC1CN(Cc2cc([N+](=O)[O-])ccc2Cl)CCS1. The molecule has 1 atom stereocenters. The van der Waals surface area contributed by atoms with Crippen LogP contribution in [0.1, 0.15) is 18.9 Å². The quantitative estimate of drug-likeness (QED) is 0.630. The van der Waals surface area contributed by atoms with E-state index in [1.54, 1.807) is 12.1 Å². The van der Waals surface area contributed by atoms with Gasteiger partial charge in [-0.05, 0) is 18.1 Å². The highest BCUT2D eigenvalue weighted by Gasteiger charge is 2.20. The molecule has 19 heavy (non-hydrogen) atoms. The first kappa shape index (κ1) is 14.6. The van der Waals surface area contributed by atoms with Gasteiger partial charge in [-0.3, -0.25) is 15.0 Å². The molecule has 1 saturated heterocycles. The highest BCUT2D eigenvalue weighted by Crippen LogP contribution is 2.26. The maximum atomic E-state index is 10.8. The number of hydrogen-bond donors (Lipinski definition) is 0. The molecular formula is C13H17ClN2O2S. The van der Waals surface area contributed by atoms with Gasteiger partial charge in [-0.2, -0.15) is 11.8 Å². The number of non-ortho nitro benzene ring substituents is 1. The minimum absolute atomic E-state index is 0.109. The van der Waals surface area contributed by atoms with E-state index in [0.29, 0.717) is 16.8 Å². The summed E-state index contributed by atoms with van der Waals surface area (Å²) in [6, 6.07) is 4.66. The highest BCUT2D eigenvalue weighted by atomic mass is 35.5. The molecule has 2 rings (SSSR count). The Morgan fingerprint density at radius 2 is 2.37 bits per heavy atom. The average Bonchev–Trinajstić information content (AvgIpc) is 2.41. The Hall–Kier alpha value is -0.780. The fourth-order valence-corrected chi connectivity index (χ4v) is 3.63. The van der Waals surface area contributed by atoms with E-state index in [9.17, 15) is 10.1 Å². The zero-order valence-corrected chi connectivity index (χ0v) is 12.4. The van der Waals surface area contributed by atoms with Crippen LogP contribution in [0.3, 0.4) is 0 Å². The van der Waals surface area contributed by atoms with Crippen LogP contribution in [-0.4, -0.2) is 33.9 Å². The second-order valence-corrected chi connectivity index (χ2v) is 6.48. The lowest BCUT2D eigenvalue weighted by atomic mass is 10.1. The number of nitro groups is 1. The monoisotopic (exact) mass is 300 g/mol. The van der Waals surface area contributed by atoms with E-state index in [0.717, 1.165) is 30.8 Å². The molecule has 6 heteroatoms. The summed E-state index contributed by atoms with van der Waals surface area (Å²) in [6.07, 6.45) is 1.16. The second kappa shape index (κ2) is 6.59. The van der Waals surface area contributed by atoms with E-state index >= 15 is 0 Å². The van der Waals surface area contributed by atoms with Gasteiger partial charge < -0.3 is 0 Å². The average molecular weight is 301 g/mol. The Balaban J connectivity index is 2.09. The van der Waals surface area contributed by atoms with Gasteiger partial charge in [0.15, 0.2) is 0 Å². The van der Waals surface area contributed by atoms with Crippen molar-refractivity contribution in [3.05, 3.63) is 38.9 Å². The Labute approximate surface area is 122 Å². The van der Waals surface area contributed by atoms with Crippen LogP contribution >= 0.6 is 23.4 Å². The maximum absolute atomic E-state index is 10.8. The van der Waals surface area contributed by atoms with E-state index in [1.807, 2.05) is 11.8 Å². The largest absolute Gasteiger partial charge is 0.297 e. The van der Waals surface area contributed by atoms with Crippen LogP contribution < -0.4 is 0 Å². The number of halogens is 1. The van der Waals surface area contributed by atoms with Crippen LogP contribution in [0.2, 0.25) is 5.02 Å². The third-order valence-corrected chi connectivity index (χ3v) is 5.05. The molecule has 0 amide bonds. The van der Waals surface area contributed by atoms with Gasteiger partial charge in [0.2, 0.25) is 0 Å². The van der Waals surface area contributed by atoms with E-state index in [1.165, 1.54) is 6.07 Å². The van der Waals surface area contributed by atoms with Crippen LogP contribution in [0.5, 0.6) is 0 Å². The zero-order chi connectivity index (χ0) is 13.8. The van der Waals surface area contributed by atoms with Crippen LogP contribution in [0, 0.1) is 10.1 Å². The predicted octanol–water partition coefficient (Wildman–Crippen LogP) is 3.58. The summed E-state index contributed by atoms with van der Waals surface area (Å²) < 4.78 is 0. The lowest BCUT2D eigenvalue weighted by molar-refractivity contribution is -0.384. The minimum Gasteiger partial charge on any atom is -0.297 e. The minimum atomic E-state index is -0.374. The Kier molecular flexibility index (Phi) is 5.07. The van der Waals surface area contributed by atoms with Gasteiger partial charge in [-0.25, -0.2) is 0 Å². The van der Waals surface area contributed by atoms with Crippen molar-refractivity contribution in [2.45, 2.75) is 25.1 Å².